The van der Waals surface area contributed by atoms with Crippen LogP contribution in [0.5, 0.6) is 0 Å². The van der Waals surface area contributed by atoms with E-state index in [4.69, 9.17) is 4.74 Å². The third kappa shape index (κ3) is 5.50. The second-order valence-corrected chi connectivity index (χ2v) is 9.11. The maximum absolute atomic E-state index is 13.4. The van der Waals surface area contributed by atoms with E-state index in [0.29, 0.717) is 24.2 Å². The van der Waals surface area contributed by atoms with Crippen LogP contribution in [0.15, 0.2) is 48.5 Å². The molecule has 1 amide bonds. The number of nitrogens with one attached hydrogen (secondary N) is 2. The number of halogens is 3. The van der Waals surface area contributed by atoms with E-state index in [1.807, 2.05) is 49.3 Å². The number of fused-ring (bicyclic) bond motifs is 3. The Morgan fingerprint density at radius 3 is 2.61 bits per heavy atom. The first-order valence-electron chi connectivity index (χ1n) is 11.3. The molecule has 4 rings (SSSR count). The van der Waals surface area contributed by atoms with Crippen molar-refractivity contribution in [2.75, 3.05) is 32.5 Å². The smallest absolute Gasteiger partial charge is 0.378 e. The highest BCUT2D eigenvalue weighted by Gasteiger charge is 2.43. The highest BCUT2D eigenvalue weighted by Crippen LogP contribution is 2.51. The monoisotopic (exact) mass is 461 g/mol. The molecule has 0 aromatic heterocycles. The third-order valence-electron chi connectivity index (χ3n) is 6.43. The van der Waals surface area contributed by atoms with Gasteiger partial charge in [-0.3, -0.25) is 4.79 Å². The predicted octanol–water partition coefficient (Wildman–Crippen LogP) is 4.78. The summed E-state index contributed by atoms with van der Waals surface area (Å²) in [7, 11) is 3.87. The Bertz CT molecular complexity index is 965. The first-order valence-corrected chi connectivity index (χ1v) is 11.3. The summed E-state index contributed by atoms with van der Waals surface area (Å²) in [6.45, 7) is 1.28. The minimum absolute atomic E-state index is 0.0311. The van der Waals surface area contributed by atoms with Gasteiger partial charge in [0.25, 0.3) is 0 Å². The van der Waals surface area contributed by atoms with E-state index in [-0.39, 0.29) is 30.4 Å². The van der Waals surface area contributed by atoms with Gasteiger partial charge in [-0.2, -0.15) is 13.2 Å². The Hall–Kier alpha value is -2.58. The van der Waals surface area contributed by atoms with Gasteiger partial charge in [0, 0.05) is 30.3 Å². The van der Waals surface area contributed by atoms with Crippen molar-refractivity contribution in [3.8, 4) is 0 Å². The molecule has 8 heteroatoms. The highest BCUT2D eigenvalue weighted by molar-refractivity contribution is 5.76. The summed E-state index contributed by atoms with van der Waals surface area (Å²) in [5.41, 5.74) is 1.54. The number of carbonyl (C=O) groups excluding carboxylic acids is 1. The number of alkyl halides is 3. The number of amides is 1. The number of likely N-dealkylation sites (N-methyl/N-ethyl adjacent to an activating group) is 1. The molecule has 2 heterocycles. The molecule has 0 unspecified atom stereocenters. The van der Waals surface area contributed by atoms with Crippen LogP contribution in [0.25, 0.3) is 0 Å². The zero-order valence-corrected chi connectivity index (χ0v) is 18.9. The molecule has 2 N–H and O–H groups in total. The summed E-state index contributed by atoms with van der Waals surface area (Å²) < 4.78 is 46.6. The second-order valence-electron chi connectivity index (χ2n) is 9.11. The largest absolute Gasteiger partial charge is 0.416 e. The second kappa shape index (κ2) is 9.73. The van der Waals surface area contributed by atoms with Gasteiger partial charge in [-0.25, -0.2) is 0 Å². The molecule has 0 aliphatic carbocycles. The van der Waals surface area contributed by atoms with Crippen molar-refractivity contribution in [1.29, 1.82) is 0 Å². The molecule has 2 aromatic rings. The number of ether oxygens (including phenoxy) is 1. The molecule has 1 fully saturated rings. The van der Waals surface area contributed by atoms with Crippen LogP contribution in [-0.2, 0) is 15.7 Å². The maximum atomic E-state index is 13.4. The van der Waals surface area contributed by atoms with E-state index in [0.717, 1.165) is 24.6 Å². The highest BCUT2D eigenvalue weighted by atomic mass is 19.4. The molecular formula is C25H30F3N3O2. The van der Waals surface area contributed by atoms with Crippen molar-refractivity contribution in [2.45, 2.75) is 43.7 Å². The van der Waals surface area contributed by atoms with E-state index in [1.54, 1.807) is 0 Å². The molecular weight excluding hydrogens is 431 g/mol. The molecule has 2 aromatic carbocycles. The summed E-state index contributed by atoms with van der Waals surface area (Å²) in [5, 5.41) is 6.35. The van der Waals surface area contributed by atoms with Crippen LogP contribution in [0.3, 0.4) is 0 Å². The zero-order valence-electron chi connectivity index (χ0n) is 18.9. The summed E-state index contributed by atoms with van der Waals surface area (Å²) in [6.07, 6.45) is -3.63. The van der Waals surface area contributed by atoms with Crippen molar-refractivity contribution in [2.24, 2.45) is 5.92 Å². The van der Waals surface area contributed by atoms with Crippen molar-refractivity contribution in [1.82, 2.24) is 10.2 Å². The number of benzene rings is 2. The topological polar surface area (TPSA) is 53.6 Å². The molecule has 0 saturated carbocycles. The fourth-order valence-electron chi connectivity index (χ4n) is 4.77. The van der Waals surface area contributed by atoms with Crippen LogP contribution in [0.1, 0.15) is 48.1 Å². The molecule has 5 nitrogen and oxygen atoms in total. The minimum atomic E-state index is -4.43. The Kier molecular flexibility index (Phi) is 6.95. The third-order valence-corrected chi connectivity index (χ3v) is 6.43. The quantitative estimate of drug-likeness (QED) is 0.650. The molecule has 0 bridgehead atoms. The average Bonchev–Trinajstić information content (AvgIpc) is 2.78. The van der Waals surface area contributed by atoms with Crippen LogP contribution >= 0.6 is 0 Å². The number of hydrogen-bond donors (Lipinski definition) is 2. The summed E-state index contributed by atoms with van der Waals surface area (Å²) >= 11 is 0. The summed E-state index contributed by atoms with van der Waals surface area (Å²) in [5.74, 6) is -0.130. The van der Waals surface area contributed by atoms with Crippen molar-refractivity contribution >= 4 is 11.6 Å². The fraction of sp³-hybridized carbons (Fsp3) is 0.480. The zero-order chi connectivity index (χ0) is 23.6. The van der Waals surface area contributed by atoms with Gasteiger partial charge in [0.2, 0.25) is 5.91 Å². The van der Waals surface area contributed by atoms with Crippen LogP contribution in [-0.4, -0.2) is 44.1 Å². The Balaban J connectivity index is 1.57. The maximum Gasteiger partial charge on any atom is 0.416 e. The fourth-order valence-corrected chi connectivity index (χ4v) is 4.77. The number of hydrogen-bond acceptors (Lipinski definition) is 4. The molecule has 33 heavy (non-hydrogen) atoms. The lowest BCUT2D eigenvalue weighted by Gasteiger charge is -2.45. The van der Waals surface area contributed by atoms with Crippen molar-refractivity contribution in [3.63, 3.8) is 0 Å². The Labute approximate surface area is 192 Å². The van der Waals surface area contributed by atoms with E-state index in [2.05, 4.69) is 10.6 Å². The number of carbonyl (C=O) groups is 1. The minimum Gasteiger partial charge on any atom is -0.378 e. The first-order chi connectivity index (χ1) is 15.7. The number of nitrogens with zero attached hydrogens (tertiary/aromatic N) is 1. The van der Waals surface area contributed by atoms with Crippen LogP contribution in [0.2, 0.25) is 0 Å². The van der Waals surface area contributed by atoms with Crippen LogP contribution in [0, 0.1) is 5.92 Å². The van der Waals surface area contributed by atoms with Gasteiger partial charge in [-0.1, -0.05) is 30.3 Å². The van der Waals surface area contributed by atoms with Crippen LogP contribution in [0.4, 0.5) is 18.9 Å². The average molecular weight is 462 g/mol. The molecule has 0 radical (unpaired) electrons. The van der Waals surface area contributed by atoms with E-state index >= 15 is 0 Å². The number of rotatable bonds is 6. The molecule has 1 saturated heterocycles. The Morgan fingerprint density at radius 1 is 1.15 bits per heavy atom. The van der Waals surface area contributed by atoms with Gasteiger partial charge in [0.15, 0.2) is 0 Å². The van der Waals surface area contributed by atoms with Gasteiger partial charge in [-0.15, -0.1) is 0 Å². The lowest BCUT2D eigenvalue weighted by Crippen LogP contribution is -2.41. The SMILES string of the molecule is CN(C)CCNC(=O)C[C@H]1CC[C@@H]2[C@H](O1)c1cc(C(F)(F)F)ccc1N[C@H]2c1ccccc1. The molecule has 0 spiro atoms. The van der Waals surface area contributed by atoms with E-state index in [1.165, 1.54) is 12.1 Å². The van der Waals surface area contributed by atoms with Gasteiger partial charge < -0.3 is 20.3 Å². The Morgan fingerprint density at radius 2 is 1.91 bits per heavy atom. The van der Waals surface area contributed by atoms with Gasteiger partial charge in [0.1, 0.15) is 0 Å². The molecule has 178 valence electrons. The van der Waals surface area contributed by atoms with Gasteiger partial charge in [-0.05, 0) is 50.7 Å². The molecule has 4 atom stereocenters. The summed E-state index contributed by atoms with van der Waals surface area (Å²) in [6, 6.07) is 13.6. The summed E-state index contributed by atoms with van der Waals surface area (Å²) in [4.78, 5) is 14.4. The predicted molar refractivity (Wildman–Crippen MR) is 121 cm³/mol. The van der Waals surface area contributed by atoms with E-state index < -0.39 is 17.8 Å². The van der Waals surface area contributed by atoms with Gasteiger partial charge >= 0.3 is 6.18 Å². The first kappa shape index (κ1) is 23.6. The van der Waals surface area contributed by atoms with Gasteiger partial charge in [0.05, 0.1) is 30.2 Å². The normalized spacial score (nSPS) is 24.5. The van der Waals surface area contributed by atoms with Crippen LogP contribution < -0.4 is 10.6 Å². The van der Waals surface area contributed by atoms with E-state index in [9.17, 15) is 18.0 Å². The standard InChI is InChI=1S/C25H30F3N3O2/c1-31(2)13-12-29-22(32)15-18-9-10-19-23(16-6-4-3-5-7-16)30-21-11-8-17(25(26,27)28)14-20(21)24(19)33-18/h3-8,11,14,18-19,23-24,30H,9-10,12-13,15H2,1-2H3,(H,29,32)/t18-,19+,23+,24+/m1/s1. The van der Waals surface area contributed by atoms with Crippen molar-refractivity contribution in [3.05, 3.63) is 65.2 Å². The lowest BCUT2D eigenvalue weighted by atomic mass is 9.76. The molecule has 2 aliphatic heterocycles. The van der Waals surface area contributed by atoms with Crippen molar-refractivity contribution < 1.29 is 22.7 Å². The lowest BCUT2D eigenvalue weighted by molar-refractivity contribution is -0.138. The number of anilines is 1. The molecule has 2 aliphatic rings.